The predicted molar refractivity (Wildman–Crippen MR) is 121 cm³/mol. The molecular weight excluding hydrogens is 392 g/mol. The molecule has 1 amide bonds. The van der Waals surface area contributed by atoms with Crippen molar-refractivity contribution >= 4 is 5.91 Å². The fraction of sp³-hybridized carbons (Fsp3) is 0.625. The van der Waals surface area contributed by atoms with E-state index in [0.29, 0.717) is 38.0 Å². The molecule has 0 radical (unpaired) electrons. The lowest BCUT2D eigenvalue weighted by Gasteiger charge is -2.30. The normalized spacial score (nSPS) is 17.6. The lowest BCUT2D eigenvalue weighted by molar-refractivity contribution is -0.126. The molecule has 1 aliphatic heterocycles. The Bertz CT molecular complexity index is 826. The highest BCUT2D eigenvalue weighted by atomic mass is 16.5. The molecule has 1 atom stereocenters. The SMILES string of the molecule is CCOCCCNC(=O)C1CCCN(Cc2nc(-c3ccc(C(C)(C)C)cc3)no2)C1. The summed E-state index contributed by atoms with van der Waals surface area (Å²) in [6.07, 6.45) is 2.76. The monoisotopic (exact) mass is 428 g/mol. The van der Waals surface area contributed by atoms with E-state index in [9.17, 15) is 4.79 Å². The van der Waals surface area contributed by atoms with Gasteiger partial charge in [0, 0.05) is 31.9 Å². The van der Waals surface area contributed by atoms with Crippen LogP contribution in [0.3, 0.4) is 0 Å². The predicted octanol–water partition coefficient (Wildman–Crippen LogP) is 3.79. The summed E-state index contributed by atoms with van der Waals surface area (Å²) in [6.45, 7) is 12.9. The van der Waals surface area contributed by atoms with E-state index in [1.165, 1.54) is 5.56 Å². The summed E-state index contributed by atoms with van der Waals surface area (Å²) in [4.78, 5) is 19.3. The van der Waals surface area contributed by atoms with Gasteiger partial charge in [0.05, 0.1) is 12.5 Å². The van der Waals surface area contributed by atoms with Gasteiger partial charge in [0.15, 0.2) is 0 Å². The van der Waals surface area contributed by atoms with Crippen molar-refractivity contribution in [3.63, 3.8) is 0 Å². The quantitative estimate of drug-likeness (QED) is 0.612. The molecule has 7 nitrogen and oxygen atoms in total. The molecule has 1 aromatic heterocycles. The number of amides is 1. The summed E-state index contributed by atoms with van der Waals surface area (Å²) in [5.74, 6) is 1.34. The molecule has 1 aromatic carbocycles. The van der Waals surface area contributed by atoms with Crippen molar-refractivity contribution in [1.29, 1.82) is 0 Å². The van der Waals surface area contributed by atoms with Crippen molar-refractivity contribution in [3.05, 3.63) is 35.7 Å². The first-order valence-corrected chi connectivity index (χ1v) is 11.4. The van der Waals surface area contributed by atoms with Crippen molar-refractivity contribution in [3.8, 4) is 11.4 Å². The number of carbonyl (C=O) groups excluding carboxylic acids is 1. The summed E-state index contributed by atoms with van der Waals surface area (Å²) in [6, 6.07) is 8.32. The number of benzene rings is 1. The van der Waals surface area contributed by atoms with Crippen molar-refractivity contribution in [2.45, 2.75) is 58.9 Å². The van der Waals surface area contributed by atoms with Crippen LogP contribution in [0.2, 0.25) is 0 Å². The maximum atomic E-state index is 12.5. The maximum Gasteiger partial charge on any atom is 0.241 e. The van der Waals surface area contributed by atoms with E-state index in [-0.39, 0.29) is 17.2 Å². The minimum Gasteiger partial charge on any atom is -0.382 e. The van der Waals surface area contributed by atoms with Crippen LogP contribution in [0.4, 0.5) is 0 Å². The molecule has 1 fully saturated rings. The molecule has 3 rings (SSSR count). The number of aromatic nitrogens is 2. The Morgan fingerprint density at radius 3 is 2.77 bits per heavy atom. The van der Waals surface area contributed by atoms with Gasteiger partial charge in [0.1, 0.15) is 0 Å². The molecule has 0 aliphatic carbocycles. The van der Waals surface area contributed by atoms with Gasteiger partial charge in [-0.3, -0.25) is 9.69 Å². The third-order valence-electron chi connectivity index (χ3n) is 5.68. The van der Waals surface area contributed by atoms with E-state index in [1.807, 2.05) is 19.1 Å². The third-order valence-corrected chi connectivity index (χ3v) is 5.68. The summed E-state index contributed by atoms with van der Waals surface area (Å²) in [7, 11) is 0. The highest BCUT2D eigenvalue weighted by molar-refractivity contribution is 5.78. The van der Waals surface area contributed by atoms with Crippen LogP contribution in [0.15, 0.2) is 28.8 Å². The van der Waals surface area contributed by atoms with Gasteiger partial charge in [-0.1, -0.05) is 50.2 Å². The number of nitrogens with zero attached hydrogens (tertiary/aromatic N) is 3. The van der Waals surface area contributed by atoms with Crippen molar-refractivity contribution < 1.29 is 14.1 Å². The molecule has 0 saturated carbocycles. The zero-order chi connectivity index (χ0) is 22.3. The van der Waals surface area contributed by atoms with E-state index < -0.39 is 0 Å². The Labute approximate surface area is 185 Å². The molecule has 7 heteroatoms. The van der Waals surface area contributed by atoms with Gasteiger partial charge in [-0.2, -0.15) is 4.98 Å². The average molecular weight is 429 g/mol. The van der Waals surface area contributed by atoms with Crippen LogP contribution in [-0.2, 0) is 21.5 Å². The zero-order valence-electron chi connectivity index (χ0n) is 19.3. The standard InChI is InChI=1S/C24H36N4O3/c1-5-30-15-7-13-25-23(29)19-8-6-14-28(16-19)17-21-26-22(27-31-21)18-9-11-20(12-10-18)24(2,3)4/h9-12,19H,5-8,13-17H2,1-4H3,(H,25,29). The summed E-state index contributed by atoms with van der Waals surface area (Å²) < 4.78 is 10.8. The molecule has 170 valence electrons. The minimum atomic E-state index is 0.00757. The van der Waals surface area contributed by atoms with Gasteiger partial charge in [0.25, 0.3) is 0 Å². The molecule has 0 spiro atoms. The molecular formula is C24H36N4O3. The van der Waals surface area contributed by atoms with Crippen LogP contribution in [0.1, 0.15) is 58.4 Å². The molecule has 1 unspecified atom stereocenters. The fourth-order valence-electron chi connectivity index (χ4n) is 3.83. The summed E-state index contributed by atoms with van der Waals surface area (Å²) >= 11 is 0. The van der Waals surface area contributed by atoms with Gasteiger partial charge in [0.2, 0.25) is 17.6 Å². The summed E-state index contributed by atoms with van der Waals surface area (Å²) in [5, 5.41) is 7.20. The minimum absolute atomic E-state index is 0.00757. The number of rotatable bonds is 9. The number of nitrogens with one attached hydrogen (secondary N) is 1. The molecule has 1 saturated heterocycles. The van der Waals surface area contributed by atoms with Crippen molar-refractivity contribution in [2.24, 2.45) is 5.92 Å². The number of piperidine rings is 1. The van der Waals surface area contributed by atoms with Gasteiger partial charge >= 0.3 is 0 Å². The van der Waals surface area contributed by atoms with Crippen molar-refractivity contribution in [2.75, 3.05) is 32.8 Å². The highest BCUT2D eigenvalue weighted by Gasteiger charge is 2.26. The van der Waals surface area contributed by atoms with Crippen LogP contribution in [-0.4, -0.2) is 53.8 Å². The second-order valence-electron chi connectivity index (χ2n) is 9.25. The van der Waals surface area contributed by atoms with Crippen LogP contribution < -0.4 is 5.32 Å². The van der Waals surface area contributed by atoms with Crippen LogP contribution >= 0.6 is 0 Å². The Kier molecular flexibility index (Phi) is 8.21. The van der Waals surface area contributed by atoms with Gasteiger partial charge < -0.3 is 14.6 Å². The lowest BCUT2D eigenvalue weighted by atomic mass is 9.87. The molecule has 31 heavy (non-hydrogen) atoms. The van der Waals surface area contributed by atoms with Crippen LogP contribution in [0.5, 0.6) is 0 Å². The van der Waals surface area contributed by atoms with Crippen molar-refractivity contribution in [1.82, 2.24) is 20.4 Å². The zero-order valence-corrected chi connectivity index (χ0v) is 19.3. The van der Waals surface area contributed by atoms with E-state index in [1.54, 1.807) is 0 Å². The second kappa shape index (κ2) is 10.9. The molecule has 0 bridgehead atoms. The number of carbonyl (C=O) groups is 1. The Morgan fingerprint density at radius 1 is 1.29 bits per heavy atom. The third kappa shape index (κ3) is 6.87. The Balaban J connectivity index is 1.51. The van der Waals surface area contributed by atoms with Crippen LogP contribution in [0, 0.1) is 5.92 Å². The first-order chi connectivity index (χ1) is 14.9. The molecule has 2 heterocycles. The van der Waals surface area contributed by atoms with E-state index in [0.717, 1.165) is 37.9 Å². The number of hydrogen-bond acceptors (Lipinski definition) is 6. The van der Waals surface area contributed by atoms with Crippen LogP contribution in [0.25, 0.3) is 11.4 Å². The summed E-state index contributed by atoms with van der Waals surface area (Å²) in [5.41, 5.74) is 2.34. The highest BCUT2D eigenvalue weighted by Crippen LogP contribution is 2.25. The largest absolute Gasteiger partial charge is 0.382 e. The van der Waals surface area contributed by atoms with E-state index in [2.05, 4.69) is 53.3 Å². The second-order valence-corrected chi connectivity index (χ2v) is 9.25. The molecule has 2 aromatic rings. The first kappa shape index (κ1) is 23.4. The first-order valence-electron chi connectivity index (χ1n) is 11.4. The number of hydrogen-bond donors (Lipinski definition) is 1. The maximum absolute atomic E-state index is 12.5. The topological polar surface area (TPSA) is 80.5 Å². The molecule has 1 aliphatic rings. The van der Waals surface area contributed by atoms with E-state index in [4.69, 9.17) is 9.26 Å². The lowest BCUT2D eigenvalue weighted by Crippen LogP contribution is -2.43. The number of ether oxygens (including phenoxy) is 1. The van der Waals surface area contributed by atoms with E-state index >= 15 is 0 Å². The fourth-order valence-corrected chi connectivity index (χ4v) is 3.83. The number of likely N-dealkylation sites (tertiary alicyclic amines) is 1. The average Bonchev–Trinajstić information content (AvgIpc) is 3.21. The molecule has 1 N–H and O–H groups in total. The van der Waals surface area contributed by atoms with Gasteiger partial charge in [-0.05, 0) is 43.7 Å². The Hall–Kier alpha value is -2.25. The smallest absolute Gasteiger partial charge is 0.241 e. The van der Waals surface area contributed by atoms with Gasteiger partial charge in [-0.15, -0.1) is 0 Å². The van der Waals surface area contributed by atoms with Gasteiger partial charge in [-0.25, -0.2) is 0 Å². The Morgan fingerprint density at radius 2 is 2.06 bits per heavy atom.